The van der Waals surface area contributed by atoms with E-state index in [1.54, 1.807) is 54.1 Å². The summed E-state index contributed by atoms with van der Waals surface area (Å²) in [7, 11) is -1.85. The Morgan fingerprint density at radius 1 is 1.17 bits per heavy atom. The number of benzene rings is 2. The molecule has 2 aromatic carbocycles. The standard InChI is InChI=1S/C19H19ClN4O3S2/c1-13-8-9-14(10-16(13)20)21-18(25)11-28-19-23-22-17(24(19)2)12-29(26,27)15-6-4-3-5-7-15/h3-10H,11-12H2,1-2H3,(H,21,25). The molecule has 0 unspecified atom stereocenters. The van der Waals surface area contributed by atoms with Crippen LogP contribution in [-0.2, 0) is 27.4 Å². The molecule has 29 heavy (non-hydrogen) atoms. The van der Waals surface area contributed by atoms with Crippen LogP contribution in [0.25, 0.3) is 0 Å². The second kappa shape index (κ2) is 8.98. The van der Waals surface area contributed by atoms with Crippen molar-refractivity contribution < 1.29 is 13.2 Å². The number of sulfone groups is 1. The summed E-state index contributed by atoms with van der Waals surface area (Å²) < 4.78 is 26.6. The highest BCUT2D eigenvalue weighted by atomic mass is 35.5. The van der Waals surface area contributed by atoms with Crippen molar-refractivity contribution in [2.75, 3.05) is 11.1 Å². The number of nitrogens with zero attached hydrogens (tertiary/aromatic N) is 3. The number of hydrogen-bond acceptors (Lipinski definition) is 6. The molecule has 0 saturated carbocycles. The molecular formula is C19H19ClN4O3S2. The van der Waals surface area contributed by atoms with Crippen molar-refractivity contribution in [2.24, 2.45) is 7.05 Å². The SMILES string of the molecule is Cc1ccc(NC(=O)CSc2nnc(CS(=O)(=O)c3ccccc3)n2C)cc1Cl. The normalized spacial score (nSPS) is 11.4. The van der Waals surface area contributed by atoms with Crippen molar-refractivity contribution in [1.29, 1.82) is 0 Å². The van der Waals surface area contributed by atoms with Crippen LogP contribution in [-0.4, -0.2) is 34.8 Å². The van der Waals surface area contributed by atoms with Gasteiger partial charge in [0.05, 0.1) is 10.6 Å². The van der Waals surface area contributed by atoms with E-state index in [1.807, 2.05) is 13.0 Å². The second-order valence-electron chi connectivity index (χ2n) is 6.33. The molecule has 0 aliphatic heterocycles. The quantitative estimate of drug-likeness (QED) is 0.554. The molecule has 1 N–H and O–H groups in total. The minimum atomic E-state index is -3.53. The number of anilines is 1. The minimum Gasteiger partial charge on any atom is -0.325 e. The first kappa shape index (κ1) is 21.4. The van der Waals surface area contributed by atoms with Gasteiger partial charge in [0.1, 0.15) is 11.6 Å². The first-order chi connectivity index (χ1) is 13.8. The lowest BCUT2D eigenvalue weighted by Gasteiger charge is -2.07. The zero-order chi connectivity index (χ0) is 21.0. The average molecular weight is 451 g/mol. The van der Waals surface area contributed by atoms with Gasteiger partial charge in [-0.3, -0.25) is 4.79 Å². The monoisotopic (exact) mass is 450 g/mol. The van der Waals surface area contributed by atoms with Crippen LogP contribution < -0.4 is 5.32 Å². The van der Waals surface area contributed by atoms with Crippen molar-refractivity contribution in [1.82, 2.24) is 14.8 Å². The van der Waals surface area contributed by atoms with E-state index in [2.05, 4.69) is 15.5 Å². The van der Waals surface area contributed by atoms with Gasteiger partial charge in [-0.25, -0.2) is 8.42 Å². The maximum Gasteiger partial charge on any atom is 0.234 e. The number of halogens is 1. The largest absolute Gasteiger partial charge is 0.325 e. The number of carbonyl (C=O) groups excluding carboxylic acids is 1. The predicted octanol–water partition coefficient (Wildman–Crippen LogP) is 3.48. The zero-order valence-electron chi connectivity index (χ0n) is 15.8. The Morgan fingerprint density at radius 2 is 1.90 bits per heavy atom. The van der Waals surface area contributed by atoms with E-state index < -0.39 is 9.84 Å². The second-order valence-corrected chi connectivity index (χ2v) is 9.67. The van der Waals surface area contributed by atoms with E-state index in [4.69, 9.17) is 11.6 Å². The third-order valence-corrected chi connectivity index (χ3v) is 7.19. The van der Waals surface area contributed by atoms with Gasteiger partial charge in [-0.15, -0.1) is 10.2 Å². The summed E-state index contributed by atoms with van der Waals surface area (Å²) in [6.45, 7) is 1.88. The lowest BCUT2D eigenvalue weighted by atomic mass is 10.2. The van der Waals surface area contributed by atoms with Gasteiger partial charge in [-0.1, -0.05) is 47.6 Å². The highest BCUT2D eigenvalue weighted by Gasteiger charge is 2.20. The molecule has 0 bridgehead atoms. The lowest BCUT2D eigenvalue weighted by Crippen LogP contribution is -2.14. The van der Waals surface area contributed by atoms with Gasteiger partial charge >= 0.3 is 0 Å². The Balaban J connectivity index is 1.62. The molecule has 1 aromatic heterocycles. The summed E-state index contributed by atoms with van der Waals surface area (Å²) in [5.41, 5.74) is 1.54. The van der Waals surface area contributed by atoms with Crippen molar-refractivity contribution in [3.8, 4) is 0 Å². The van der Waals surface area contributed by atoms with E-state index in [-0.39, 0.29) is 22.3 Å². The number of rotatable bonds is 7. The average Bonchev–Trinajstić information content (AvgIpc) is 3.03. The van der Waals surface area contributed by atoms with E-state index in [1.165, 1.54) is 11.8 Å². The van der Waals surface area contributed by atoms with Crippen LogP contribution in [0.3, 0.4) is 0 Å². The molecule has 0 aliphatic rings. The van der Waals surface area contributed by atoms with E-state index in [9.17, 15) is 13.2 Å². The molecular weight excluding hydrogens is 432 g/mol. The molecule has 0 fully saturated rings. The Hall–Kier alpha value is -2.36. The molecule has 0 spiro atoms. The van der Waals surface area contributed by atoms with Gasteiger partial charge in [-0.05, 0) is 36.8 Å². The molecule has 0 saturated heterocycles. The number of carbonyl (C=O) groups is 1. The highest BCUT2D eigenvalue weighted by Crippen LogP contribution is 2.22. The van der Waals surface area contributed by atoms with Crippen molar-refractivity contribution >= 4 is 44.8 Å². The van der Waals surface area contributed by atoms with Gasteiger partial charge < -0.3 is 9.88 Å². The number of nitrogens with one attached hydrogen (secondary N) is 1. The Morgan fingerprint density at radius 3 is 2.59 bits per heavy atom. The first-order valence-corrected chi connectivity index (χ1v) is 11.6. The molecule has 1 amide bonds. The predicted molar refractivity (Wildman–Crippen MR) is 114 cm³/mol. The number of thioether (sulfide) groups is 1. The molecule has 0 atom stereocenters. The molecule has 7 nitrogen and oxygen atoms in total. The smallest absolute Gasteiger partial charge is 0.234 e. The molecule has 10 heteroatoms. The molecule has 152 valence electrons. The summed E-state index contributed by atoms with van der Waals surface area (Å²) in [5.74, 6) is -0.0867. The summed E-state index contributed by atoms with van der Waals surface area (Å²) in [5, 5.41) is 11.8. The van der Waals surface area contributed by atoms with Gasteiger partial charge in [0.25, 0.3) is 0 Å². The number of aryl methyl sites for hydroxylation is 1. The third-order valence-electron chi connectivity index (χ3n) is 4.13. The zero-order valence-corrected chi connectivity index (χ0v) is 18.2. The van der Waals surface area contributed by atoms with Crippen molar-refractivity contribution in [3.05, 3.63) is 64.9 Å². The first-order valence-electron chi connectivity index (χ1n) is 8.61. The van der Waals surface area contributed by atoms with Crippen LogP contribution in [0.15, 0.2) is 58.6 Å². The third kappa shape index (κ3) is 5.37. The summed E-state index contributed by atoms with van der Waals surface area (Å²) >= 11 is 7.24. The Kier molecular flexibility index (Phi) is 6.61. The highest BCUT2D eigenvalue weighted by molar-refractivity contribution is 7.99. The van der Waals surface area contributed by atoms with Crippen molar-refractivity contribution in [3.63, 3.8) is 0 Å². The van der Waals surface area contributed by atoms with E-state index in [0.29, 0.717) is 21.7 Å². The summed E-state index contributed by atoms with van der Waals surface area (Å²) in [6, 6.07) is 13.5. The van der Waals surface area contributed by atoms with Crippen LogP contribution in [0.4, 0.5) is 5.69 Å². The maximum atomic E-state index is 12.5. The van der Waals surface area contributed by atoms with Crippen LogP contribution in [0.2, 0.25) is 5.02 Å². The van der Waals surface area contributed by atoms with E-state index in [0.717, 1.165) is 5.56 Å². The van der Waals surface area contributed by atoms with Gasteiger partial charge in [0.15, 0.2) is 15.0 Å². The lowest BCUT2D eigenvalue weighted by molar-refractivity contribution is -0.113. The minimum absolute atomic E-state index is 0.100. The summed E-state index contributed by atoms with van der Waals surface area (Å²) in [4.78, 5) is 12.4. The Bertz CT molecular complexity index is 1130. The van der Waals surface area contributed by atoms with Gasteiger partial charge in [-0.2, -0.15) is 0 Å². The van der Waals surface area contributed by atoms with Crippen LogP contribution in [0.5, 0.6) is 0 Å². The topological polar surface area (TPSA) is 94.0 Å². The molecule has 0 aliphatic carbocycles. The fraction of sp³-hybridized carbons (Fsp3) is 0.211. The van der Waals surface area contributed by atoms with Gasteiger partial charge in [0, 0.05) is 17.8 Å². The van der Waals surface area contributed by atoms with Crippen LogP contribution >= 0.6 is 23.4 Å². The molecule has 3 aromatic rings. The maximum absolute atomic E-state index is 12.5. The molecule has 0 radical (unpaired) electrons. The fourth-order valence-corrected chi connectivity index (χ4v) is 4.72. The van der Waals surface area contributed by atoms with Crippen LogP contribution in [0, 0.1) is 6.92 Å². The molecule has 3 rings (SSSR count). The Labute approximate surface area is 178 Å². The van der Waals surface area contributed by atoms with Crippen molar-refractivity contribution in [2.45, 2.75) is 22.7 Å². The summed E-state index contributed by atoms with van der Waals surface area (Å²) in [6.07, 6.45) is 0. The number of hydrogen-bond donors (Lipinski definition) is 1. The van der Waals surface area contributed by atoms with Crippen LogP contribution in [0.1, 0.15) is 11.4 Å². The fourth-order valence-electron chi connectivity index (χ4n) is 2.48. The van der Waals surface area contributed by atoms with Gasteiger partial charge in [0.2, 0.25) is 5.91 Å². The molecule has 1 heterocycles. The number of aromatic nitrogens is 3. The van der Waals surface area contributed by atoms with E-state index >= 15 is 0 Å². The number of amides is 1.